The third kappa shape index (κ3) is 4.27. The van der Waals surface area contributed by atoms with Gasteiger partial charge in [-0.1, -0.05) is 5.16 Å². The predicted octanol–water partition coefficient (Wildman–Crippen LogP) is 1.01. The van der Waals surface area contributed by atoms with Crippen LogP contribution in [-0.4, -0.2) is 22.6 Å². The summed E-state index contributed by atoms with van der Waals surface area (Å²) in [7, 11) is 0. The Balaban J connectivity index is 2.19. The number of hydrogen-bond acceptors (Lipinski definition) is 4. The summed E-state index contributed by atoms with van der Waals surface area (Å²) in [4.78, 5) is 4.07. The lowest BCUT2D eigenvalue weighted by molar-refractivity contribution is 0.316. The lowest BCUT2D eigenvalue weighted by atomic mass is 10.1. The molecule has 0 atom stereocenters. The highest BCUT2D eigenvalue weighted by Gasteiger charge is 1.97. The van der Waals surface area contributed by atoms with Crippen LogP contribution in [0.4, 0.5) is 0 Å². The number of aromatic nitrogens is 1. The number of hydrogen-bond donors (Lipinski definition) is 3. The molecule has 0 radical (unpaired) electrons. The molecular weight excluding hydrogens is 204 g/mol. The molecule has 1 rings (SSSR count). The summed E-state index contributed by atoms with van der Waals surface area (Å²) in [5.41, 5.74) is 7.79. The van der Waals surface area contributed by atoms with Gasteiger partial charge < -0.3 is 16.3 Å². The smallest absolute Gasteiger partial charge is 0.139 e. The standard InChI is InChI=1S/C11H18N4O/c1-9-4-6-14-8-10(9)7-13-5-2-3-11(12)15-16/h4,6,8,13,16H,2-3,5,7H2,1H3,(H2,12,15). The molecule has 0 fully saturated rings. The Morgan fingerprint density at radius 2 is 2.44 bits per heavy atom. The van der Waals surface area contributed by atoms with Crippen LogP contribution in [0.5, 0.6) is 0 Å². The first-order chi connectivity index (χ1) is 7.74. The summed E-state index contributed by atoms with van der Waals surface area (Å²) in [5.74, 6) is 0.277. The molecule has 1 aromatic heterocycles. The molecule has 1 heterocycles. The van der Waals surface area contributed by atoms with E-state index in [9.17, 15) is 0 Å². The molecule has 0 aliphatic rings. The van der Waals surface area contributed by atoms with Gasteiger partial charge in [0.25, 0.3) is 0 Å². The van der Waals surface area contributed by atoms with Gasteiger partial charge in [0.15, 0.2) is 0 Å². The van der Waals surface area contributed by atoms with Crippen LogP contribution in [-0.2, 0) is 6.54 Å². The van der Waals surface area contributed by atoms with E-state index >= 15 is 0 Å². The van der Waals surface area contributed by atoms with Crippen LogP contribution in [0.3, 0.4) is 0 Å². The molecule has 0 bridgehead atoms. The molecule has 5 nitrogen and oxygen atoms in total. The first-order valence-corrected chi connectivity index (χ1v) is 5.30. The molecule has 0 aliphatic carbocycles. The van der Waals surface area contributed by atoms with Gasteiger partial charge in [-0.25, -0.2) is 0 Å². The van der Waals surface area contributed by atoms with Gasteiger partial charge in [0, 0.05) is 25.4 Å². The van der Waals surface area contributed by atoms with Crippen molar-refractivity contribution in [3.8, 4) is 0 Å². The van der Waals surface area contributed by atoms with Crippen LogP contribution >= 0.6 is 0 Å². The maximum Gasteiger partial charge on any atom is 0.139 e. The van der Waals surface area contributed by atoms with E-state index in [-0.39, 0.29) is 5.84 Å². The molecule has 16 heavy (non-hydrogen) atoms. The lowest BCUT2D eigenvalue weighted by Crippen LogP contribution is -2.18. The summed E-state index contributed by atoms with van der Waals surface area (Å²) in [6.07, 6.45) is 5.12. The molecule has 0 saturated carbocycles. The highest BCUT2D eigenvalue weighted by atomic mass is 16.4. The minimum absolute atomic E-state index is 0.277. The monoisotopic (exact) mass is 222 g/mol. The number of rotatable bonds is 6. The van der Waals surface area contributed by atoms with Crippen molar-refractivity contribution < 1.29 is 5.21 Å². The molecule has 0 spiro atoms. The van der Waals surface area contributed by atoms with Crippen molar-refractivity contribution >= 4 is 5.84 Å². The van der Waals surface area contributed by atoms with E-state index in [1.54, 1.807) is 6.20 Å². The Hall–Kier alpha value is -1.62. The van der Waals surface area contributed by atoms with Gasteiger partial charge in [-0.3, -0.25) is 4.98 Å². The molecule has 0 aliphatic heterocycles. The molecule has 1 aromatic rings. The number of oxime groups is 1. The van der Waals surface area contributed by atoms with Crippen molar-refractivity contribution in [2.24, 2.45) is 10.9 Å². The Kier molecular flexibility index (Phi) is 5.28. The zero-order valence-electron chi connectivity index (χ0n) is 9.48. The Morgan fingerprint density at radius 3 is 3.12 bits per heavy atom. The molecule has 0 saturated heterocycles. The second kappa shape index (κ2) is 6.79. The Bertz CT molecular complexity index is 352. The fraction of sp³-hybridized carbons (Fsp3) is 0.455. The van der Waals surface area contributed by atoms with Crippen LogP contribution in [0.1, 0.15) is 24.0 Å². The SMILES string of the molecule is Cc1ccncc1CNCCC/C(N)=N/O. The number of nitrogens with zero attached hydrogens (tertiary/aromatic N) is 2. The number of nitrogens with one attached hydrogen (secondary N) is 1. The van der Waals surface area contributed by atoms with Crippen LogP contribution in [0.2, 0.25) is 0 Å². The average molecular weight is 222 g/mol. The molecule has 0 unspecified atom stereocenters. The first-order valence-electron chi connectivity index (χ1n) is 5.30. The van der Waals surface area contributed by atoms with E-state index < -0.39 is 0 Å². The maximum atomic E-state index is 8.34. The van der Waals surface area contributed by atoms with E-state index in [0.29, 0.717) is 6.42 Å². The zero-order chi connectivity index (χ0) is 11.8. The summed E-state index contributed by atoms with van der Waals surface area (Å²) < 4.78 is 0. The van der Waals surface area contributed by atoms with E-state index in [1.807, 2.05) is 12.3 Å². The quantitative estimate of drug-likeness (QED) is 0.220. The van der Waals surface area contributed by atoms with Gasteiger partial charge in [0.1, 0.15) is 5.84 Å². The lowest BCUT2D eigenvalue weighted by Gasteiger charge is -2.06. The summed E-state index contributed by atoms with van der Waals surface area (Å²) >= 11 is 0. The third-order valence-corrected chi connectivity index (χ3v) is 2.38. The maximum absolute atomic E-state index is 8.34. The number of amidine groups is 1. The van der Waals surface area contributed by atoms with Crippen molar-refractivity contribution in [3.63, 3.8) is 0 Å². The Labute approximate surface area is 95.4 Å². The minimum Gasteiger partial charge on any atom is -0.409 e. The highest BCUT2D eigenvalue weighted by Crippen LogP contribution is 2.03. The second-order valence-corrected chi connectivity index (χ2v) is 3.67. The Morgan fingerprint density at radius 1 is 1.62 bits per heavy atom. The van der Waals surface area contributed by atoms with Crippen LogP contribution in [0.15, 0.2) is 23.6 Å². The van der Waals surface area contributed by atoms with Gasteiger partial charge in [0.2, 0.25) is 0 Å². The van der Waals surface area contributed by atoms with E-state index in [0.717, 1.165) is 19.5 Å². The fourth-order valence-electron chi connectivity index (χ4n) is 1.35. The molecule has 5 heteroatoms. The van der Waals surface area contributed by atoms with Crippen molar-refractivity contribution in [1.29, 1.82) is 0 Å². The molecule has 0 aromatic carbocycles. The fourth-order valence-corrected chi connectivity index (χ4v) is 1.35. The van der Waals surface area contributed by atoms with Gasteiger partial charge in [-0.05, 0) is 37.1 Å². The van der Waals surface area contributed by atoms with Gasteiger partial charge in [0.05, 0.1) is 0 Å². The van der Waals surface area contributed by atoms with E-state index in [2.05, 4.69) is 22.4 Å². The third-order valence-electron chi connectivity index (χ3n) is 2.38. The molecule has 0 amide bonds. The van der Waals surface area contributed by atoms with Crippen molar-refractivity contribution in [3.05, 3.63) is 29.6 Å². The number of nitrogens with two attached hydrogens (primary N) is 1. The summed E-state index contributed by atoms with van der Waals surface area (Å²) in [6, 6.07) is 1.99. The largest absolute Gasteiger partial charge is 0.409 e. The van der Waals surface area contributed by atoms with Crippen LogP contribution in [0.25, 0.3) is 0 Å². The van der Waals surface area contributed by atoms with E-state index in [1.165, 1.54) is 11.1 Å². The summed E-state index contributed by atoms with van der Waals surface area (Å²) in [6.45, 7) is 3.70. The summed E-state index contributed by atoms with van der Waals surface area (Å²) in [5, 5.41) is 14.5. The molecule has 88 valence electrons. The van der Waals surface area contributed by atoms with E-state index in [4.69, 9.17) is 10.9 Å². The molecule has 4 N–H and O–H groups in total. The van der Waals surface area contributed by atoms with Crippen LogP contribution < -0.4 is 11.1 Å². The zero-order valence-corrected chi connectivity index (χ0v) is 9.48. The number of pyridine rings is 1. The van der Waals surface area contributed by atoms with Crippen molar-refractivity contribution in [2.45, 2.75) is 26.3 Å². The first kappa shape index (κ1) is 12.4. The number of aryl methyl sites for hydroxylation is 1. The highest BCUT2D eigenvalue weighted by molar-refractivity contribution is 5.79. The normalized spacial score (nSPS) is 11.7. The molecular formula is C11H18N4O. The van der Waals surface area contributed by atoms with Crippen molar-refractivity contribution in [1.82, 2.24) is 10.3 Å². The van der Waals surface area contributed by atoms with Gasteiger partial charge >= 0.3 is 0 Å². The second-order valence-electron chi connectivity index (χ2n) is 3.67. The van der Waals surface area contributed by atoms with Crippen molar-refractivity contribution in [2.75, 3.05) is 6.54 Å². The van der Waals surface area contributed by atoms with Gasteiger partial charge in [-0.15, -0.1) is 0 Å². The predicted molar refractivity (Wildman–Crippen MR) is 63.3 cm³/mol. The van der Waals surface area contributed by atoms with Gasteiger partial charge in [-0.2, -0.15) is 0 Å². The minimum atomic E-state index is 0.277. The topological polar surface area (TPSA) is 83.5 Å². The average Bonchev–Trinajstić information content (AvgIpc) is 2.30. The van der Waals surface area contributed by atoms with Crippen LogP contribution in [0, 0.1) is 6.92 Å².